The van der Waals surface area contributed by atoms with Crippen LogP contribution < -0.4 is 10.6 Å². The summed E-state index contributed by atoms with van der Waals surface area (Å²) in [5.41, 5.74) is -0.258. The second kappa shape index (κ2) is 10.7. The number of amides is 2. The fourth-order valence-corrected chi connectivity index (χ4v) is 5.72. The molecule has 1 unspecified atom stereocenters. The number of rotatable bonds is 7. The van der Waals surface area contributed by atoms with Gasteiger partial charge >= 0.3 is 0 Å². The van der Waals surface area contributed by atoms with Crippen LogP contribution in [0.25, 0.3) is 0 Å². The van der Waals surface area contributed by atoms with E-state index < -0.39 is 33.8 Å². The van der Waals surface area contributed by atoms with E-state index in [0.29, 0.717) is 24.1 Å². The zero-order valence-corrected chi connectivity index (χ0v) is 21.1. The fraction of sp³-hybridized carbons (Fsp3) is 0.478. The summed E-state index contributed by atoms with van der Waals surface area (Å²) in [5, 5.41) is 7.20. The quantitative estimate of drug-likeness (QED) is 0.593. The third-order valence-electron chi connectivity index (χ3n) is 5.36. The molecular formula is C23H30N4O5S2. The van der Waals surface area contributed by atoms with E-state index in [9.17, 15) is 22.8 Å². The minimum atomic E-state index is -3.92. The van der Waals surface area contributed by atoms with Gasteiger partial charge in [-0.15, -0.1) is 11.3 Å². The molecule has 2 aromatic rings. The number of carbonyl (C=O) groups excluding carboxylic acids is 3. The summed E-state index contributed by atoms with van der Waals surface area (Å²) in [4.78, 5) is 43.0. The number of hydrogen-bond donors (Lipinski definition) is 2. The van der Waals surface area contributed by atoms with Crippen molar-refractivity contribution in [3.05, 3.63) is 46.8 Å². The molecule has 34 heavy (non-hydrogen) atoms. The van der Waals surface area contributed by atoms with E-state index >= 15 is 0 Å². The van der Waals surface area contributed by atoms with Gasteiger partial charge in [0.2, 0.25) is 5.91 Å². The van der Waals surface area contributed by atoms with E-state index in [2.05, 4.69) is 15.6 Å². The normalized spacial score (nSPS) is 18.7. The third-order valence-corrected chi connectivity index (χ3v) is 7.99. The molecule has 2 aromatic heterocycles. The van der Waals surface area contributed by atoms with Crippen LogP contribution in [-0.2, 0) is 19.6 Å². The first kappa shape index (κ1) is 26.0. The summed E-state index contributed by atoms with van der Waals surface area (Å²) < 4.78 is 26.9. The van der Waals surface area contributed by atoms with Gasteiger partial charge in [-0.2, -0.15) is 4.31 Å². The Labute approximate surface area is 204 Å². The summed E-state index contributed by atoms with van der Waals surface area (Å²) in [6.45, 7) is 5.68. The molecule has 2 N–H and O–H groups in total. The lowest BCUT2D eigenvalue weighted by atomic mass is 9.87. The number of sulfonamides is 1. The number of thiophene rings is 1. The van der Waals surface area contributed by atoms with Crippen molar-refractivity contribution in [2.45, 2.75) is 57.1 Å². The molecule has 0 aromatic carbocycles. The lowest BCUT2D eigenvalue weighted by molar-refractivity contribution is -0.129. The summed E-state index contributed by atoms with van der Waals surface area (Å²) >= 11 is 1.28. The van der Waals surface area contributed by atoms with Gasteiger partial charge in [-0.05, 0) is 48.3 Å². The molecule has 0 spiro atoms. The van der Waals surface area contributed by atoms with Gasteiger partial charge in [-0.25, -0.2) is 13.4 Å². The van der Waals surface area contributed by atoms with Crippen LogP contribution in [0.5, 0.6) is 0 Å². The highest BCUT2D eigenvalue weighted by Gasteiger charge is 2.35. The van der Waals surface area contributed by atoms with Crippen molar-refractivity contribution < 1.29 is 22.8 Å². The molecule has 1 aliphatic heterocycles. The van der Waals surface area contributed by atoms with Crippen molar-refractivity contribution in [3.63, 3.8) is 0 Å². The molecule has 11 heteroatoms. The van der Waals surface area contributed by atoms with Gasteiger partial charge in [0.15, 0.2) is 10.8 Å². The SMILES string of the molecule is CC(C)(C)C[C@H](NC(=O)c1cccs1)C(=O)NC1CCCN(S(=O)(=O)c2ccccn2)CC1=O. The third kappa shape index (κ3) is 6.71. The number of nitrogens with zero attached hydrogens (tertiary/aromatic N) is 2. The molecule has 1 saturated heterocycles. The lowest BCUT2D eigenvalue weighted by Crippen LogP contribution is -2.53. The summed E-state index contributed by atoms with van der Waals surface area (Å²) in [7, 11) is -3.92. The van der Waals surface area contributed by atoms with Gasteiger partial charge in [0.25, 0.3) is 15.9 Å². The van der Waals surface area contributed by atoms with Crippen LogP contribution in [-0.4, -0.2) is 60.5 Å². The molecule has 2 amide bonds. The lowest BCUT2D eigenvalue weighted by Gasteiger charge is -2.27. The second-order valence-corrected chi connectivity index (χ2v) is 12.3. The van der Waals surface area contributed by atoms with Crippen LogP contribution in [0.1, 0.15) is 49.7 Å². The minimum absolute atomic E-state index is 0.119. The van der Waals surface area contributed by atoms with Crippen molar-refractivity contribution in [2.24, 2.45) is 5.41 Å². The molecular weight excluding hydrogens is 476 g/mol. The molecule has 1 aliphatic rings. The van der Waals surface area contributed by atoms with Crippen LogP contribution in [0.2, 0.25) is 0 Å². The van der Waals surface area contributed by atoms with Gasteiger partial charge in [0.05, 0.1) is 17.5 Å². The molecule has 0 saturated carbocycles. The van der Waals surface area contributed by atoms with E-state index in [0.717, 1.165) is 4.31 Å². The zero-order chi connectivity index (χ0) is 24.9. The molecule has 0 aliphatic carbocycles. The average molecular weight is 507 g/mol. The van der Waals surface area contributed by atoms with Crippen molar-refractivity contribution in [1.82, 2.24) is 19.9 Å². The first-order valence-corrected chi connectivity index (χ1v) is 13.4. The Morgan fingerprint density at radius 1 is 1.24 bits per heavy atom. The molecule has 1 fully saturated rings. The van der Waals surface area contributed by atoms with Crippen LogP contribution in [0, 0.1) is 5.41 Å². The molecule has 0 radical (unpaired) electrons. The van der Waals surface area contributed by atoms with Crippen LogP contribution in [0.3, 0.4) is 0 Å². The molecule has 3 heterocycles. The van der Waals surface area contributed by atoms with Gasteiger partial charge < -0.3 is 10.6 Å². The smallest absolute Gasteiger partial charge is 0.261 e. The second-order valence-electron chi connectivity index (χ2n) is 9.44. The Balaban J connectivity index is 1.70. The Morgan fingerprint density at radius 2 is 2.00 bits per heavy atom. The maximum Gasteiger partial charge on any atom is 0.261 e. The van der Waals surface area contributed by atoms with E-state index in [1.165, 1.54) is 23.6 Å². The highest BCUT2D eigenvalue weighted by molar-refractivity contribution is 7.89. The molecule has 9 nitrogen and oxygen atoms in total. The Morgan fingerprint density at radius 3 is 2.62 bits per heavy atom. The molecule has 184 valence electrons. The van der Waals surface area contributed by atoms with Crippen molar-refractivity contribution in [3.8, 4) is 0 Å². The maximum absolute atomic E-state index is 13.1. The fourth-order valence-electron chi connectivity index (χ4n) is 3.72. The van der Waals surface area contributed by atoms with Gasteiger partial charge in [-0.1, -0.05) is 32.9 Å². The molecule has 3 rings (SSSR count). The van der Waals surface area contributed by atoms with Gasteiger partial charge in [0, 0.05) is 12.7 Å². The largest absolute Gasteiger partial charge is 0.344 e. The number of carbonyl (C=O) groups is 3. The summed E-state index contributed by atoms with van der Waals surface area (Å²) in [6.07, 6.45) is 2.46. The number of aromatic nitrogens is 1. The number of Topliss-reactive ketones (excluding diaryl/α,β-unsaturated/α-hetero) is 1. The molecule has 2 atom stereocenters. The van der Waals surface area contributed by atoms with Crippen LogP contribution >= 0.6 is 11.3 Å². The van der Waals surface area contributed by atoms with E-state index in [4.69, 9.17) is 0 Å². The van der Waals surface area contributed by atoms with E-state index in [1.54, 1.807) is 29.6 Å². The topological polar surface area (TPSA) is 126 Å². The van der Waals surface area contributed by atoms with E-state index in [-0.39, 0.29) is 29.4 Å². The van der Waals surface area contributed by atoms with Crippen molar-refractivity contribution in [2.75, 3.05) is 13.1 Å². The van der Waals surface area contributed by atoms with E-state index in [1.807, 2.05) is 20.8 Å². The number of pyridine rings is 1. The monoisotopic (exact) mass is 506 g/mol. The van der Waals surface area contributed by atoms with Gasteiger partial charge in [0.1, 0.15) is 6.04 Å². The first-order chi connectivity index (χ1) is 16.0. The summed E-state index contributed by atoms with van der Waals surface area (Å²) in [5.74, 6) is -1.21. The Bertz CT molecular complexity index is 1110. The predicted molar refractivity (Wildman–Crippen MR) is 129 cm³/mol. The average Bonchev–Trinajstić information content (AvgIpc) is 3.25. The number of ketones is 1. The minimum Gasteiger partial charge on any atom is -0.344 e. The highest BCUT2D eigenvalue weighted by Crippen LogP contribution is 2.22. The Kier molecular flexibility index (Phi) is 8.21. The van der Waals surface area contributed by atoms with Crippen LogP contribution in [0.4, 0.5) is 0 Å². The zero-order valence-electron chi connectivity index (χ0n) is 19.5. The Hall–Kier alpha value is -2.63. The summed E-state index contributed by atoms with van der Waals surface area (Å²) in [6, 6.07) is 6.34. The van der Waals surface area contributed by atoms with Crippen LogP contribution in [0.15, 0.2) is 46.9 Å². The highest BCUT2D eigenvalue weighted by atomic mass is 32.2. The number of hydrogen-bond acceptors (Lipinski definition) is 7. The van der Waals surface area contributed by atoms with Crippen molar-refractivity contribution >= 4 is 39.0 Å². The maximum atomic E-state index is 13.1. The van der Waals surface area contributed by atoms with Crippen molar-refractivity contribution in [1.29, 1.82) is 0 Å². The van der Waals surface area contributed by atoms with Gasteiger partial charge in [-0.3, -0.25) is 14.4 Å². The molecule has 0 bridgehead atoms. The predicted octanol–water partition coefficient (Wildman–Crippen LogP) is 2.22. The standard InChI is InChI=1S/C23H30N4O5S2/c1-23(2,3)14-17(26-22(30)19-9-7-13-33-19)21(29)25-16-8-6-12-27(15-18(16)28)34(31,32)20-10-4-5-11-24-20/h4-5,7,9-11,13,16-17H,6,8,12,14-15H2,1-3H3,(H,25,29)(H,26,30)/t16?,17-/m0/s1. The number of nitrogens with one attached hydrogen (secondary N) is 2. The first-order valence-electron chi connectivity index (χ1n) is 11.1.